The van der Waals surface area contributed by atoms with Crippen LogP contribution in [-0.2, 0) is 11.3 Å². The number of fused-ring (bicyclic) bond motifs is 1. The van der Waals surface area contributed by atoms with Gasteiger partial charge in [0.15, 0.2) is 5.78 Å². The van der Waals surface area contributed by atoms with Crippen molar-refractivity contribution in [3.8, 4) is 0 Å². The smallest absolute Gasteiger partial charge is 0.159 e. The highest BCUT2D eigenvalue weighted by molar-refractivity contribution is 5.98. The van der Waals surface area contributed by atoms with E-state index in [4.69, 9.17) is 0 Å². The second-order valence-electron chi connectivity index (χ2n) is 5.13. The van der Waals surface area contributed by atoms with Gasteiger partial charge >= 0.3 is 0 Å². The topological polar surface area (TPSA) is 20.3 Å². The molecule has 2 aliphatic rings. The Labute approximate surface area is 102 Å². The minimum atomic E-state index is 0.365. The van der Waals surface area contributed by atoms with Crippen LogP contribution in [0.3, 0.4) is 0 Å². The summed E-state index contributed by atoms with van der Waals surface area (Å²) >= 11 is 0. The predicted molar refractivity (Wildman–Crippen MR) is 67.5 cm³/mol. The molecule has 0 N–H and O–H groups in total. The molecule has 0 spiro atoms. The van der Waals surface area contributed by atoms with Crippen molar-refractivity contribution in [2.24, 2.45) is 5.92 Å². The fourth-order valence-electron chi connectivity index (χ4n) is 2.99. The minimum Gasteiger partial charge on any atom is -0.295 e. The van der Waals surface area contributed by atoms with Crippen LogP contribution in [0.2, 0.25) is 0 Å². The van der Waals surface area contributed by atoms with Crippen molar-refractivity contribution in [1.82, 2.24) is 4.90 Å². The highest BCUT2D eigenvalue weighted by atomic mass is 16.1. The standard InChI is InChI=1S/C15H17NO/c1-11-14-10-16(9-13(14)7-15(11)17)8-12-5-3-2-4-6-12/h2-6,13H,7-10H2,1H3/t13-/m0/s1. The lowest BCUT2D eigenvalue weighted by Crippen LogP contribution is -2.21. The van der Waals surface area contributed by atoms with Crippen LogP contribution >= 0.6 is 0 Å². The van der Waals surface area contributed by atoms with E-state index < -0.39 is 0 Å². The zero-order valence-corrected chi connectivity index (χ0v) is 10.1. The molecule has 0 radical (unpaired) electrons. The average molecular weight is 227 g/mol. The van der Waals surface area contributed by atoms with Gasteiger partial charge in [-0.1, -0.05) is 30.3 Å². The van der Waals surface area contributed by atoms with Crippen molar-refractivity contribution in [1.29, 1.82) is 0 Å². The zero-order chi connectivity index (χ0) is 11.8. The van der Waals surface area contributed by atoms with Gasteiger partial charge in [-0.15, -0.1) is 0 Å². The SMILES string of the molecule is CC1=C2CN(Cc3ccccc3)C[C@@H]2CC1=O. The largest absolute Gasteiger partial charge is 0.295 e. The number of likely N-dealkylation sites (tertiary alicyclic amines) is 1. The Kier molecular flexibility index (Phi) is 2.60. The Morgan fingerprint density at radius 2 is 2.06 bits per heavy atom. The van der Waals surface area contributed by atoms with Gasteiger partial charge in [0.05, 0.1) is 0 Å². The number of hydrogen-bond acceptors (Lipinski definition) is 2. The van der Waals surface area contributed by atoms with E-state index in [1.54, 1.807) is 0 Å². The van der Waals surface area contributed by atoms with Crippen LogP contribution < -0.4 is 0 Å². The first-order valence-corrected chi connectivity index (χ1v) is 6.23. The summed E-state index contributed by atoms with van der Waals surface area (Å²) in [5.41, 5.74) is 3.79. The minimum absolute atomic E-state index is 0.365. The van der Waals surface area contributed by atoms with Crippen molar-refractivity contribution in [2.45, 2.75) is 19.9 Å². The molecule has 1 fully saturated rings. The molecule has 1 aliphatic heterocycles. The van der Waals surface area contributed by atoms with Gasteiger partial charge in [0, 0.05) is 32.0 Å². The Morgan fingerprint density at radius 3 is 2.76 bits per heavy atom. The third kappa shape index (κ3) is 1.93. The molecule has 0 bridgehead atoms. The van der Waals surface area contributed by atoms with E-state index in [0.717, 1.165) is 31.6 Å². The number of benzene rings is 1. The summed E-state index contributed by atoms with van der Waals surface area (Å²) in [4.78, 5) is 14.0. The van der Waals surface area contributed by atoms with Gasteiger partial charge in [-0.3, -0.25) is 9.69 Å². The number of ketones is 1. The highest BCUT2D eigenvalue weighted by Crippen LogP contribution is 2.35. The second kappa shape index (κ2) is 4.11. The van der Waals surface area contributed by atoms with Crippen molar-refractivity contribution >= 4 is 5.78 Å². The number of rotatable bonds is 2. The molecule has 0 unspecified atom stereocenters. The monoisotopic (exact) mass is 227 g/mol. The lowest BCUT2D eigenvalue weighted by atomic mass is 10.1. The van der Waals surface area contributed by atoms with Gasteiger partial charge in [-0.05, 0) is 23.6 Å². The van der Waals surface area contributed by atoms with Gasteiger partial charge in [0.1, 0.15) is 0 Å². The number of Topliss-reactive ketones (excluding diaryl/α,β-unsaturated/α-hetero) is 1. The average Bonchev–Trinajstić information content (AvgIpc) is 2.82. The van der Waals surface area contributed by atoms with Gasteiger partial charge in [-0.25, -0.2) is 0 Å². The molecular formula is C15H17NO. The summed E-state index contributed by atoms with van der Waals surface area (Å²) in [6.45, 7) is 5.02. The quantitative estimate of drug-likeness (QED) is 0.773. The van der Waals surface area contributed by atoms with Crippen molar-refractivity contribution < 1.29 is 4.79 Å². The van der Waals surface area contributed by atoms with Crippen LogP contribution in [-0.4, -0.2) is 23.8 Å². The molecule has 1 atom stereocenters. The van der Waals surface area contributed by atoms with Crippen molar-refractivity contribution in [3.63, 3.8) is 0 Å². The number of allylic oxidation sites excluding steroid dienone is 1. The molecule has 1 heterocycles. The molecule has 1 aliphatic carbocycles. The summed E-state index contributed by atoms with van der Waals surface area (Å²) < 4.78 is 0. The summed E-state index contributed by atoms with van der Waals surface area (Å²) in [6, 6.07) is 10.6. The lowest BCUT2D eigenvalue weighted by Gasteiger charge is -2.15. The number of hydrogen-bond donors (Lipinski definition) is 0. The molecule has 2 nitrogen and oxygen atoms in total. The van der Waals surface area contributed by atoms with E-state index in [1.807, 2.05) is 13.0 Å². The van der Waals surface area contributed by atoms with Gasteiger partial charge < -0.3 is 0 Å². The van der Waals surface area contributed by atoms with Crippen LogP contribution in [0.15, 0.2) is 41.5 Å². The predicted octanol–water partition coefficient (Wildman–Crippen LogP) is 2.41. The Hall–Kier alpha value is -1.41. The number of carbonyl (C=O) groups excluding carboxylic acids is 1. The van der Waals surface area contributed by atoms with E-state index in [-0.39, 0.29) is 0 Å². The van der Waals surface area contributed by atoms with Crippen LogP contribution in [0, 0.1) is 5.92 Å². The van der Waals surface area contributed by atoms with Gasteiger partial charge in [0.2, 0.25) is 0 Å². The first-order valence-electron chi connectivity index (χ1n) is 6.23. The molecule has 1 aromatic rings. The maximum Gasteiger partial charge on any atom is 0.159 e. The zero-order valence-electron chi connectivity index (χ0n) is 10.1. The molecule has 2 heteroatoms. The van der Waals surface area contributed by atoms with Crippen LogP contribution in [0.1, 0.15) is 18.9 Å². The Bertz CT molecular complexity index is 475. The van der Waals surface area contributed by atoms with Gasteiger partial charge in [-0.2, -0.15) is 0 Å². The first-order chi connectivity index (χ1) is 8.24. The van der Waals surface area contributed by atoms with E-state index in [9.17, 15) is 4.79 Å². The van der Waals surface area contributed by atoms with Gasteiger partial charge in [0.25, 0.3) is 0 Å². The number of nitrogens with zero attached hydrogens (tertiary/aromatic N) is 1. The molecule has 1 saturated heterocycles. The molecule has 0 aromatic heterocycles. The maximum absolute atomic E-state index is 11.6. The van der Waals surface area contributed by atoms with E-state index in [1.165, 1.54) is 11.1 Å². The number of carbonyl (C=O) groups is 1. The molecule has 3 rings (SSSR count). The molecule has 1 aromatic carbocycles. The maximum atomic E-state index is 11.6. The summed E-state index contributed by atoms with van der Waals surface area (Å²) in [5.74, 6) is 0.871. The fraction of sp³-hybridized carbons (Fsp3) is 0.400. The molecule has 17 heavy (non-hydrogen) atoms. The van der Waals surface area contributed by atoms with Crippen molar-refractivity contribution in [3.05, 3.63) is 47.0 Å². The molecular weight excluding hydrogens is 210 g/mol. The molecule has 88 valence electrons. The van der Waals surface area contributed by atoms with Crippen molar-refractivity contribution in [2.75, 3.05) is 13.1 Å². The molecule has 0 amide bonds. The van der Waals surface area contributed by atoms with E-state index >= 15 is 0 Å². The fourth-order valence-corrected chi connectivity index (χ4v) is 2.99. The third-order valence-electron chi connectivity index (χ3n) is 3.95. The third-order valence-corrected chi connectivity index (χ3v) is 3.95. The summed E-state index contributed by atoms with van der Waals surface area (Å²) in [6.07, 6.45) is 0.743. The van der Waals surface area contributed by atoms with Crippen LogP contribution in [0.5, 0.6) is 0 Å². The summed E-state index contributed by atoms with van der Waals surface area (Å²) in [7, 11) is 0. The Morgan fingerprint density at radius 1 is 1.29 bits per heavy atom. The van der Waals surface area contributed by atoms with E-state index in [2.05, 4.69) is 29.2 Å². The first kappa shape index (κ1) is 10.7. The lowest BCUT2D eigenvalue weighted by molar-refractivity contribution is -0.115. The summed E-state index contributed by atoms with van der Waals surface area (Å²) in [5, 5.41) is 0. The molecule has 0 saturated carbocycles. The Balaban J connectivity index is 1.72. The van der Waals surface area contributed by atoms with Crippen LogP contribution in [0.4, 0.5) is 0 Å². The van der Waals surface area contributed by atoms with Crippen LogP contribution in [0.25, 0.3) is 0 Å². The van der Waals surface area contributed by atoms with E-state index in [0.29, 0.717) is 11.7 Å². The second-order valence-corrected chi connectivity index (χ2v) is 5.13. The highest BCUT2D eigenvalue weighted by Gasteiger charge is 2.36. The normalized spacial score (nSPS) is 24.5.